The largest absolute Gasteiger partial charge is 0.383 e. The molecule has 1 heterocycles. The zero-order chi connectivity index (χ0) is 13.0. The Bertz CT molecular complexity index is 530. The van der Waals surface area contributed by atoms with E-state index in [9.17, 15) is 0 Å². The van der Waals surface area contributed by atoms with Gasteiger partial charge in [-0.15, -0.1) is 0 Å². The van der Waals surface area contributed by atoms with Crippen molar-refractivity contribution in [2.45, 2.75) is 12.5 Å². The summed E-state index contributed by atoms with van der Waals surface area (Å²) >= 11 is 3.53. The molecule has 0 saturated heterocycles. The summed E-state index contributed by atoms with van der Waals surface area (Å²) in [5.74, 6) is 6.19. The van der Waals surface area contributed by atoms with Crippen LogP contribution >= 0.6 is 15.9 Å². The highest BCUT2D eigenvalue weighted by molar-refractivity contribution is 9.10. The fourth-order valence-corrected chi connectivity index (χ4v) is 2.42. The summed E-state index contributed by atoms with van der Waals surface area (Å²) in [5, 5.41) is 0. The molecule has 0 saturated carbocycles. The van der Waals surface area contributed by atoms with Crippen molar-refractivity contribution in [3.8, 4) is 0 Å². The first-order valence-electron chi connectivity index (χ1n) is 5.62. The Morgan fingerprint density at radius 1 is 1.22 bits per heavy atom. The number of hydrazine groups is 1. The highest BCUT2D eigenvalue weighted by Gasteiger charge is 2.14. The molecule has 18 heavy (non-hydrogen) atoms. The van der Waals surface area contributed by atoms with Gasteiger partial charge in [0.1, 0.15) is 5.82 Å². The summed E-state index contributed by atoms with van der Waals surface area (Å²) in [6.45, 7) is 0. The van der Waals surface area contributed by atoms with E-state index in [4.69, 9.17) is 11.6 Å². The van der Waals surface area contributed by atoms with E-state index in [-0.39, 0.29) is 6.04 Å². The topological polar surface area (TPSA) is 77.0 Å². The van der Waals surface area contributed by atoms with E-state index >= 15 is 0 Å². The summed E-state index contributed by atoms with van der Waals surface area (Å²) in [7, 11) is 0. The average molecular weight is 307 g/mol. The van der Waals surface area contributed by atoms with Crippen LogP contribution in [-0.4, -0.2) is 4.98 Å². The number of nitrogens with zero attached hydrogens (tertiary/aromatic N) is 1. The lowest BCUT2D eigenvalue weighted by Crippen LogP contribution is -2.30. The van der Waals surface area contributed by atoms with E-state index in [1.807, 2.05) is 36.4 Å². The first kappa shape index (κ1) is 13.0. The zero-order valence-corrected chi connectivity index (χ0v) is 11.4. The van der Waals surface area contributed by atoms with E-state index < -0.39 is 0 Å². The number of nitrogen functional groups attached to an aromatic ring is 1. The SMILES string of the molecule is NNC(Cc1cccnc1N)c1ccccc1Br. The van der Waals surface area contributed by atoms with Gasteiger partial charge in [0.25, 0.3) is 0 Å². The minimum absolute atomic E-state index is 0.00734. The van der Waals surface area contributed by atoms with Crippen LogP contribution < -0.4 is 17.0 Å². The van der Waals surface area contributed by atoms with Crippen LogP contribution in [0.3, 0.4) is 0 Å². The van der Waals surface area contributed by atoms with Gasteiger partial charge in [-0.05, 0) is 29.7 Å². The van der Waals surface area contributed by atoms with Gasteiger partial charge >= 0.3 is 0 Å². The third-order valence-electron chi connectivity index (χ3n) is 2.83. The number of nitrogens with two attached hydrogens (primary N) is 2. The fourth-order valence-electron chi connectivity index (χ4n) is 1.86. The van der Waals surface area contributed by atoms with E-state index in [1.165, 1.54) is 0 Å². The van der Waals surface area contributed by atoms with Gasteiger partial charge in [0.05, 0.1) is 6.04 Å². The quantitative estimate of drug-likeness (QED) is 0.597. The molecule has 5 N–H and O–H groups in total. The molecular formula is C13H15BrN4. The molecule has 1 aromatic heterocycles. The van der Waals surface area contributed by atoms with Gasteiger partial charge in [0, 0.05) is 10.7 Å². The Morgan fingerprint density at radius 2 is 2.00 bits per heavy atom. The van der Waals surface area contributed by atoms with Crippen molar-refractivity contribution >= 4 is 21.7 Å². The molecule has 0 spiro atoms. The monoisotopic (exact) mass is 306 g/mol. The number of benzene rings is 1. The molecule has 0 bridgehead atoms. The van der Waals surface area contributed by atoms with Crippen molar-refractivity contribution in [2.75, 3.05) is 5.73 Å². The second-order valence-corrected chi connectivity index (χ2v) is 4.85. The van der Waals surface area contributed by atoms with Crippen molar-refractivity contribution < 1.29 is 0 Å². The number of aromatic nitrogens is 1. The second-order valence-electron chi connectivity index (χ2n) is 3.99. The number of anilines is 1. The van der Waals surface area contributed by atoms with E-state index in [0.717, 1.165) is 15.6 Å². The molecule has 5 heteroatoms. The van der Waals surface area contributed by atoms with Crippen molar-refractivity contribution in [2.24, 2.45) is 5.84 Å². The lowest BCUT2D eigenvalue weighted by Gasteiger charge is -2.18. The third-order valence-corrected chi connectivity index (χ3v) is 3.55. The molecule has 2 aromatic rings. The summed E-state index contributed by atoms with van der Waals surface area (Å²) in [4.78, 5) is 4.08. The number of pyridine rings is 1. The van der Waals surface area contributed by atoms with E-state index in [1.54, 1.807) is 6.20 Å². The minimum atomic E-state index is -0.00734. The molecule has 94 valence electrons. The summed E-state index contributed by atoms with van der Waals surface area (Å²) < 4.78 is 1.02. The molecule has 1 unspecified atom stereocenters. The Morgan fingerprint density at radius 3 is 2.67 bits per heavy atom. The Balaban J connectivity index is 2.26. The lowest BCUT2D eigenvalue weighted by atomic mass is 10.00. The predicted molar refractivity (Wildman–Crippen MR) is 76.6 cm³/mol. The molecule has 2 rings (SSSR count). The van der Waals surface area contributed by atoms with Crippen LogP contribution in [0.1, 0.15) is 17.2 Å². The molecule has 1 atom stereocenters. The average Bonchev–Trinajstić information content (AvgIpc) is 2.39. The maximum absolute atomic E-state index is 5.85. The Kier molecular flexibility index (Phi) is 4.30. The van der Waals surface area contributed by atoms with E-state index in [0.29, 0.717) is 12.2 Å². The van der Waals surface area contributed by atoms with Crippen LogP contribution in [0.25, 0.3) is 0 Å². The minimum Gasteiger partial charge on any atom is -0.383 e. The van der Waals surface area contributed by atoms with Crippen molar-refractivity contribution in [1.29, 1.82) is 0 Å². The molecule has 0 fully saturated rings. The highest BCUT2D eigenvalue weighted by Crippen LogP contribution is 2.26. The molecule has 1 aromatic carbocycles. The number of hydrogen-bond donors (Lipinski definition) is 3. The standard InChI is InChI=1S/C13H15BrN4/c14-11-6-2-1-5-10(11)12(18-16)8-9-4-3-7-17-13(9)15/h1-7,12,18H,8,16H2,(H2,15,17). The highest BCUT2D eigenvalue weighted by atomic mass is 79.9. The van der Waals surface area contributed by atoms with Crippen LogP contribution in [0.15, 0.2) is 47.1 Å². The van der Waals surface area contributed by atoms with Crippen LogP contribution in [0, 0.1) is 0 Å². The van der Waals surface area contributed by atoms with Gasteiger partial charge in [-0.25, -0.2) is 4.98 Å². The second kappa shape index (κ2) is 5.95. The molecular weight excluding hydrogens is 292 g/mol. The third kappa shape index (κ3) is 2.87. The van der Waals surface area contributed by atoms with Crippen LogP contribution in [0.4, 0.5) is 5.82 Å². The lowest BCUT2D eigenvalue weighted by molar-refractivity contribution is 0.550. The van der Waals surface area contributed by atoms with Crippen molar-refractivity contribution in [3.63, 3.8) is 0 Å². The van der Waals surface area contributed by atoms with Crippen molar-refractivity contribution in [3.05, 3.63) is 58.2 Å². The van der Waals surface area contributed by atoms with Crippen LogP contribution in [-0.2, 0) is 6.42 Å². The zero-order valence-electron chi connectivity index (χ0n) is 9.81. The Labute approximate surface area is 115 Å². The fraction of sp³-hybridized carbons (Fsp3) is 0.154. The van der Waals surface area contributed by atoms with Crippen LogP contribution in [0.2, 0.25) is 0 Å². The van der Waals surface area contributed by atoms with Gasteiger partial charge < -0.3 is 5.73 Å². The predicted octanol–water partition coefficient (Wildman–Crippen LogP) is 2.17. The van der Waals surface area contributed by atoms with Gasteiger partial charge in [-0.3, -0.25) is 11.3 Å². The number of nitrogens with one attached hydrogen (secondary N) is 1. The number of hydrogen-bond acceptors (Lipinski definition) is 4. The molecule has 0 aliphatic heterocycles. The summed E-state index contributed by atoms with van der Waals surface area (Å²) in [5.41, 5.74) is 10.8. The van der Waals surface area contributed by atoms with E-state index in [2.05, 4.69) is 26.3 Å². The van der Waals surface area contributed by atoms with Gasteiger partial charge in [0.15, 0.2) is 0 Å². The molecule has 4 nitrogen and oxygen atoms in total. The maximum atomic E-state index is 5.85. The number of halogens is 1. The first-order chi connectivity index (χ1) is 8.72. The molecule has 0 amide bonds. The molecule has 0 aliphatic carbocycles. The van der Waals surface area contributed by atoms with Gasteiger partial charge in [0.2, 0.25) is 0 Å². The van der Waals surface area contributed by atoms with Crippen molar-refractivity contribution in [1.82, 2.24) is 10.4 Å². The summed E-state index contributed by atoms with van der Waals surface area (Å²) in [6, 6.07) is 11.8. The first-order valence-corrected chi connectivity index (χ1v) is 6.41. The van der Waals surface area contributed by atoms with Gasteiger partial charge in [-0.1, -0.05) is 40.2 Å². The Hall–Kier alpha value is -1.43. The van der Waals surface area contributed by atoms with Gasteiger partial charge in [-0.2, -0.15) is 0 Å². The summed E-state index contributed by atoms with van der Waals surface area (Å²) in [6.07, 6.45) is 2.38. The maximum Gasteiger partial charge on any atom is 0.126 e. The smallest absolute Gasteiger partial charge is 0.126 e. The normalized spacial score (nSPS) is 12.3. The molecule has 0 radical (unpaired) electrons. The van der Waals surface area contributed by atoms with Crippen LogP contribution in [0.5, 0.6) is 0 Å². The number of rotatable bonds is 4. The molecule has 0 aliphatic rings.